The second-order valence-corrected chi connectivity index (χ2v) is 7.22. The Morgan fingerprint density at radius 2 is 2.25 bits per heavy atom. The summed E-state index contributed by atoms with van der Waals surface area (Å²) >= 11 is 1.63. The molecule has 2 fully saturated rings. The monoisotopic (exact) mass is 289 g/mol. The molecule has 1 unspecified atom stereocenters. The van der Waals surface area contributed by atoms with Crippen LogP contribution in [0.15, 0.2) is 23.9 Å². The van der Waals surface area contributed by atoms with Gasteiger partial charge >= 0.3 is 0 Å². The van der Waals surface area contributed by atoms with Crippen molar-refractivity contribution >= 4 is 35.7 Å². The maximum Gasteiger partial charge on any atom is 0.254 e. The molecule has 2 atom stereocenters. The molecule has 0 bridgehead atoms. The number of rotatable bonds is 2. The van der Waals surface area contributed by atoms with Gasteiger partial charge in [0.15, 0.2) is 0 Å². The first kappa shape index (κ1) is 13.2. The lowest BCUT2D eigenvalue weighted by molar-refractivity contribution is -0.139. The van der Waals surface area contributed by atoms with E-state index < -0.39 is 0 Å². The number of pyridine rings is 1. The first-order valence-corrected chi connectivity index (χ1v) is 7.21. The molecule has 20 heavy (non-hydrogen) atoms. The van der Waals surface area contributed by atoms with Crippen LogP contribution >= 0.6 is 11.8 Å². The van der Waals surface area contributed by atoms with E-state index in [1.54, 1.807) is 41.1 Å². The van der Waals surface area contributed by atoms with Gasteiger partial charge in [0.2, 0.25) is 0 Å². The molecule has 2 saturated heterocycles. The SMILES string of the molecule is CC1(C)SC2/C(=C\c3cc(N)ccn3)C(=O)N2[C@H]1C=O. The standard InChI is InChI=1S/C14H15N3O2S/c1-14(2)11(7-18)17-12(19)10(13(17)20-14)6-9-5-8(15)3-4-16-9/h3-7,11,13H,1-2H3,(H2,15,16)/b10-6-/t11-,13?/m0/s1. The van der Waals surface area contributed by atoms with E-state index in [4.69, 9.17) is 5.73 Å². The number of β-lactam (4-membered cyclic amide) rings is 1. The van der Waals surface area contributed by atoms with Gasteiger partial charge in [-0.3, -0.25) is 9.78 Å². The number of aldehydes is 1. The molecule has 3 heterocycles. The van der Waals surface area contributed by atoms with Gasteiger partial charge in [-0.25, -0.2) is 0 Å². The van der Waals surface area contributed by atoms with Gasteiger partial charge in [-0.2, -0.15) is 0 Å². The van der Waals surface area contributed by atoms with Crippen molar-refractivity contribution in [3.05, 3.63) is 29.6 Å². The first-order chi connectivity index (χ1) is 9.44. The summed E-state index contributed by atoms with van der Waals surface area (Å²) in [5.74, 6) is -0.0885. The molecule has 6 heteroatoms. The fourth-order valence-electron chi connectivity index (χ4n) is 2.60. The van der Waals surface area contributed by atoms with Gasteiger partial charge in [-0.05, 0) is 32.1 Å². The van der Waals surface area contributed by atoms with Gasteiger partial charge in [-0.15, -0.1) is 11.8 Å². The van der Waals surface area contributed by atoms with Crippen LogP contribution in [-0.2, 0) is 9.59 Å². The number of hydrogen-bond acceptors (Lipinski definition) is 5. The second-order valence-electron chi connectivity index (χ2n) is 5.48. The van der Waals surface area contributed by atoms with E-state index in [2.05, 4.69) is 4.98 Å². The number of anilines is 1. The summed E-state index contributed by atoms with van der Waals surface area (Å²) in [4.78, 5) is 29.3. The molecule has 1 aromatic heterocycles. The number of carbonyl (C=O) groups excluding carboxylic acids is 2. The van der Waals surface area contributed by atoms with Crippen LogP contribution < -0.4 is 5.73 Å². The highest BCUT2D eigenvalue weighted by molar-refractivity contribution is 8.01. The average Bonchev–Trinajstić information content (AvgIpc) is 2.64. The van der Waals surface area contributed by atoms with Crippen molar-refractivity contribution in [1.29, 1.82) is 0 Å². The van der Waals surface area contributed by atoms with Crippen molar-refractivity contribution in [2.75, 3.05) is 5.73 Å². The Bertz CT molecular complexity index is 627. The van der Waals surface area contributed by atoms with Crippen molar-refractivity contribution in [3.8, 4) is 0 Å². The Kier molecular flexibility index (Phi) is 2.86. The Balaban J connectivity index is 1.92. The summed E-state index contributed by atoms with van der Waals surface area (Å²) in [5.41, 5.74) is 7.67. The molecule has 0 spiro atoms. The lowest BCUT2D eigenvalue weighted by Gasteiger charge is -2.38. The van der Waals surface area contributed by atoms with Gasteiger partial charge in [0, 0.05) is 16.6 Å². The van der Waals surface area contributed by atoms with Gasteiger partial charge in [0.25, 0.3) is 5.91 Å². The van der Waals surface area contributed by atoms with E-state index in [0.717, 1.165) is 6.29 Å². The Hall–Kier alpha value is -1.82. The molecule has 1 amide bonds. The molecule has 0 saturated carbocycles. The van der Waals surface area contributed by atoms with Crippen molar-refractivity contribution in [2.45, 2.75) is 30.0 Å². The number of thioether (sulfide) groups is 1. The van der Waals surface area contributed by atoms with Crippen molar-refractivity contribution in [1.82, 2.24) is 9.88 Å². The van der Waals surface area contributed by atoms with Crippen molar-refractivity contribution in [3.63, 3.8) is 0 Å². The molecule has 1 aromatic rings. The van der Waals surface area contributed by atoms with Crippen molar-refractivity contribution < 1.29 is 9.59 Å². The number of carbonyl (C=O) groups is 2. The van der Waals surface area contributed by atoms with Gasteiger partial charge in [0.05, 0.1) is 11.3 Å². The number of nitrogens with two attached hydrogens (primary N) is 1. The Morgan fingerprint density at radius 3 is 2.90 bits per heavy atom. The van der Waals surface area contributed by atoms with Crippen LogP contribution in [0.5, 0.6) is 0 Å². The number of nitrogens with zero attached hydrogens (tertiary/aromatic N) is 2. The predicted molar refractivity (Wildman–Crippen MR) is 78.8 cm³/mol. The number of hydrogen-bond donors (Lipinski definition) is 1. The third-order valence-electron chi connectivity index (χ3n) is 3.66. The van der Waals surface area contributed by atoms with E-state index in [9.17, 15) is 9.59 Å². The van der Waals surface area contributed by atoms with E-state index >= 15 is 0 Å². The molecule has 104 valence electrons. The molecule has 2 aliphatic rings. The Labute approximate surface area is 121 Å². The highest BCUT2D eigenvalue weighted by atomic mass is 32.2. The molecular formula is C14H15N3O2S. The quantitative estimate of drug-likeness (QED) is 0.504. The normalized spacial score (nSPS) is 29.2. The maximum atomic E-state index is 12.2. The fraction of sp³-hybridized carbons (Fsp3) is 0.357. The number of amides is 1. The van der Waals surface area contributed by atoms with Crippen LogP contribution in [0.25, 0.3) is 6.08 Å². The number of fused-ring (bicyclic) bond motifs is 1. The maximum absolute atomic E-state index is 12.2. The highest BCUT2D eigenvalue weighted by Gasteiger charge is 2.58. The van der Waals surface area contributed by atoms with Crippen LogP contribution in [-0.4, -0.2) is 38.2 Å². The smallest absolute Gasteiger partial charge is 0.254 e. The lowest BCUT2D eigenvalue weighted by atomic mass is 9.96. The molecule has 2 aliphatic heterocycles. The molecule has 0 radical (unpaired) electrons. The molecular weight excluding hydrogens is 274 g/mol. The zero-order valence-corrected chi connectivity index (χ0v) is 12.1. The molecule has 5 nitrogen and oxygen atoms in total. The van der Waals surface area contributed by atoms with Crippen LogP contribution in [0.3, 0.4) is 0 Å². The minimum Gasteiger partial charge on any atom is -0.399 e. The largest absolute Gasteiger partial charge is 0.399 e. The van der Waals surface area contributed by atoms with Crippen LogP contribution in [0.1, 0.15) is 19.5 Å². The summed E-state index contributed by atoms with van der Waals surface area (Å²) in [5, 5.41) is -0.0593. The minimum atomic E-state index is -0.365. The lowest BCUT2D eigenvalue weighted by Crippen LogP contribution is -2.56. The predicted octanol–water partition coefficient (Wildman–Crippen LogP) is 1.31. The summed E-state index contributed by atoms with van der Waals surface area (Å²) in [7, 11) is 0. The summed E-state index contributed by atoms with van der Waals surface area (Å²) in [6, 6.07) is 3.06. The van der Waals surface area contributed by atoms with E-state index in [1.807, 2.05) is 13.8 Å². The van der Waals surface area contributed by atoms with Gasteiger partial charge in [0.1, 0.15) is 17.7 Å². The minimum absolute atomic E-state index is 0.0593. The van der Waals surface area contributed by atoms with Gasteiger partial charge < -0.3 is 15.4 Å². The summed E-state index contributed by atoms with van der Waals surface area (Å²) < 4.78 is -0.263. The zero-order chi connectivity index (χ0) is 14.5. The zero-order valence-electron chi connectivity index (χ0n) is 11.2. The van der Waals surface area contributed by atoms with Crippen LogP contribution in [0, 0.1) is 0 Å². The summed E-state index contributed by atoms with van der Waals surface area (Å²) in [6.45, 7) is 3.97. The number of aromatic nitrogens is 1. The Morgan fingerprint density at radius 1 is 1.50 bits per heavy atom. The molecule has 3 rings (SSSR count). The van der Waals surface area contributed by atoms with Crippen LogP contribution in [0.4, 0.5) is 5.69 Å². The first-order valence-electron chi connectivity index (χ1n) is 6.33. The van der Waals surface area contributed by atoms with Gasteiger partial charge in [-0.1, -0.05) is 0 Å². The highest BCUT2D eigenvalue weighted by Crippen LogP contribution is 2.52. The third kappa shape index (κ3) is 1.83. The van der Waals surface area contributed by atoms with E-state index in [-0.39, 0.29) is 22.1 Å². The fourth-order valence-corrected chi connectivity index (χ4v) is 4.12. The molecule has 2 N–H and O–H groups in total. The summed E-state index contributed by atoms with van der Waals surface area (Å²) in [6.07, 6.45) is 4.24. The van der Waals surface area contributed by atoms with Crippen molar-refractivity contribution in [2.24, 2.45) is 0 Å². The average molecular weight is 289 g/mol. The second kappa shape index (κ2) is 4.34. The van der Waals surface area contributed by atoms with Crippen LogP contribution in [0.2, 0.25) is 0 Å². The molecule has 0 aliphatic carbocycles. The van der Waals surface area contributed by atoms with E-state index in [1.165, 1.54) is 0 Å². The third-order valence-corrected chi connectivity index (χ3v) is 5.22. The van der Waals surface area contributed by atoms with E-state index in [0.29, 0.717) is 17.0 Å². The number of nitrogen functional groups attached to an aromatic ring is 1. The topological polar surface area (TPSA) is 76.3 Å². The molecule has 0 aromatic carbocycles.